The number of nitrogens with zero attached hydrogens (tertiary/aromatic N) is 5. The van der Waals surface area contributed by atoms with Gasteiger partial charge in [0.2, 0.25) is 11.8 Å². The molecule has 1 saturated heterocycles. The van der Waals surface area contributed by atoms with Gasteiger partial charge >= 0.3 is 0 Å². The van der Waals surface area contributed by atoms with Crippen molar-refractivity contribution >= 4 is 17.7 Å². The zero-order valence-corrected chi connectivity index (χ0v) is 18.4. The van der Waals surface area contributed by atoms with Crippen molar-refractivity contribution in [2.75, 3.05) is 38.3 Å². The summed E-state index contributed by atoms with van der Waals surface area (Å²) < 4.78 is 18.6. The average Bonchev–Trinajstić information content (AvgIpc) is 3.40. The highest BCUT2D eigenvalue weighted by molar-refractivity contribution is 7.98. The van der Waals surface area contributed by atoms with E-state index in [-0.39, 0.29) is 0 Å². The molecule has 160 valence electrons. The Morgan fingerprint density at radius 1 is 1.13 bits per heavy atom. The molecule has 0 unspecified atom stereocenters. The molecule has 2 aromatic heterocycles. The van der Waals surface area contributed by atoms with Crippen molar-refractivity contribution in [1.29, 1.82) is 0 Å². The van der Waals surface area contributed by atoms with Crippen LogP contribution < -0.4 is 9.64 Å². The third-order valence-corrected chi connectivity index (χ3v) is 5.78. The fourth-order valence-corrected chi connectivity index (χ4v) is 4.11. The summed E-state index contributed by atoms with van der Waals surface area (Å²) in [6, 6.07) is 7.68. The Hall–Kier alpha value is -2.52. The number of methoxy groups -OCH3 is 1. The third-order valence-electron chi connectivity index (χ3n) is 4.78. The van der Waals surface area contributed by atoms with Gasteiger partial charge in [0.15, 0.2) is 5.16 Å². The van der Waals surface area contributed by atoms with Crippen LogP contribution in [0, 0.1) is 5.92 Å². The normalized spacial score (nSPS) is 14.5. The number of hydrogen-bond acceptors (Lipinski definition) is 8. The molecular weight excluding hydrogens is 402 g/mol. The molecule has 0 radical (unpaired) electrons. The molecule has 1 aliphatic rings. The van der Waals surface area contributed by atoms with Crippen LogP contribution in [0.25, 0.3) is 11.5 Å². The minimum Gasteiger partial charge on any atom is -0.497 e. The maximum absolute atomic E-state index is 5.68. The van der Waals surface area contributed by atoms with E-state index in [0.717, 1.165) is 61.0 Å². The first kappa shape index (κ1) is 20.7. The second-order valence-electron chi connectivity index (χ2n) is 7.55. The van der Waals surface area contributed by atoms with E-state index in [1.807, 2.05) is 24.3 Å². The van der Waals surface area contributed by atoms with Crippen molar-refractivity contribution in [1.82, 2.24) is 19.7 Å². The minimum absolute atomic E-state index is 0.494. The summed E-state index contributed by atoms with van der Waals surface area (Å²) >= 11 is 1.63. The molecule has 0 atom stereocenters. The Labute approximate surface area is 180 Å². The van der Waals surface area contributed by atoms with E-state index in [9.17, 15) is 0 Å². The molecule has 1 aromatic carbocycles. The molecule has 0 amide bonds. The quantitative estimate of drug-likeness (QED) is 0.501. The number of morpholine rings is 1. The van der Waals surface area contributed by atoms with E-state index >= 15 is 0 Å². The number of anilines is 1. The first-order chi connectivity index (χ1) is 14.6. The number of ether oxygens (including phenoxy) is 2. The fraction of sp³-hybridized carbons (Fsp3) is 0.476. The average molecular weight is 430 g/mol. The van der Waals surface area contributed by atoms with E-state index in [2.05, 4.69) is 38.5 Å². The molecule has 0 spiro atoms. The lowest BCUT2D eigenvalue weighted by atomic mass is 10.2. The molecule has 4 rings (SSSR count). The van der Waals surface area contributed by atoms with Crippen molar-refractivity contribution in [3.8, 4) is 17.2 Å². The molecule has 0 N–H and O–H groups in total. The second kappa shape index (κ2) is 9.53. The van der Waals surface area contributed by atoms with Crippen LogP contribution >= 0.6 is 11.8 Å². The predicted octanol–water partition coefficient (Wildman–Crippen LogP) is 3.73. The maximum Gasteiger partial charge on any atom is 0.228 e. The molecule has 0 aliphatic carbocycles. The van der Waals surface area contributed by atoms with Gasteiger partial charge in [-0.15, -0.1) is 10.2 Å². The molecular formula is C21H27N5O3S. The third kappa shape index (κ3) is 4.79. The van der Waals surface area contributed by atoms with Crippen molar-refractivity contribution in [3.05, 3.63) is 36.2 Å². The Balaban J connectivity index is 1.46. The van der Waals surface area contributed by atoms with Crippen molar-refractivity contribution < 1.29 is 13.9 Å². The van der Waals surface area contributed by atoms with Crippen LogP contribution in [0.3, 0.4) is 0 Å². The van der Waals surface area contributed by atoms with Crippen LogP contribution in [0.4, 0.5) is 5.95 Å². The highest BCUT2D eigenvalue weighted by atomic mass is 32.2. The number of oxazole rings is 1. The number of rotatable bonds is 8. The zero-order valence-electron chi connectivity index (χ0n) is 17.6. The first-order valence-electron chi connectivity index (χ1n) is 10.1. The van der Waals surface area contributed by atoms with Gasteiger partial charge in [0, 0.05) is 31.0 Å². The van der Waals surface area contributed by atoms with Crippen molar-refractivity contribution in [2.24, 2.45) is 5.92 Å². The Bertz CT molecular complexity index is 948. The summed E-state index contributed by atoms with van der Waals surface area (Å²) in [5, 5.41) is 9.85. The Morgan fingerprint density at radius 2 is 1.90 bits per heavy atom. The van der Waals surface area contributed by atoms with Crippen LogP contribution in [0.1, 0.15) is 19.5 Å². The summed E-state index contributed by atoms with van der Waals surface area (Å²) in [5.41, 5.74) is 1.79. The van der Waals surface area contributed by atoms with Crippen LogP contribution in [0.5, 0.6) is 5.75 Å². The molecule has 3 heterocycles. The summed E-state index contributed by atoms with van der Waals surface area (Å²) in [4.78, 5) is 6.88. The standard InChI is InChI=1S/C21H27N5O3S/c1-15(2)12-26-20(25-8-10-28-11-9-25)23-24-21(26)30-14-17-13-29-19(22-17)16-4-6-18(27-3)7-5-16/h4-7,13,15H,8-12,14H2,1-3H3. The van der Waals surface area contributed by atoms with Crippen molar-refractivity contribution in [2.45, 2.75) is 31.3 Å². The molecule has 0 bridgehead atoms. The van der Waals surface area contributed by atoms with Crippen LogP contribution in [0.2, 0.25) is 0 Å². The van der Waals surface area contributed by atoms with Gasteiger partial charge in [-0.05, 0) is 30.2 Å². The topological polar surface area (TPSA) is 78.4 Å². The number of benzene rings is 1. The molecule has 1 fully saturated rings. The first-order valence-corrected chi connectivity index (χ1v) is 11.1. The number of thioether (sulfide) groups is 1. The van der Waals surface area contributed by atoms with Gasteiger partial charge < -0.3 is 18.8 Å². The maximum atomic E-state index is 5.68. The van der Waals surface area contributed by atoms with Gasteiger partial charge in [-0.3, -0.25) is 4.57 Å². The highest BCUT2D eigenvalue weighted by Gasteiger charge is 2.21. The van der Waals surface area contributed by atoms with Crippen LogP contribution in [0.15, 0.2) is 40.1 Å². The SMILES string of the molecule is COc1ccc(-c2nc(CSc3nnc(N4CCOCC4)n3CC(C)C)co2)cc1. The van der Waals surface area contributed by atoms with E-state index in [0.29, 0.717) is 17.6 Å². The molecule has 1 aliphatic heterocycles. The lowest BCUT2D eigenvalue weighted by Crippen LogP contribution is -2.38. The summed E-state index contributed by atoms with van der Waals surface area (Å²) in [7, 11) is 1.65. The fourth-order valence-electron chi connectivity index (χ4n) is 3.29. The molecule has 9 heteroatoms. The lowest BCUT2D eigenvalue weighted by Gasteiger charge is -2.28. The van der Waals surface area contributed by atoms with Crippen LogP contribution in [-0.4, -0.2) is 53.2 Å². The number of hydrogen-bond donors (Lipinski definition) is 0. The largest absolute Gasteiger partial charge is 0.497 e. The lowest BCUT2D eigenvalue weighted by molar-refractivity contribution is 0.121. The predicted molar refractivity (Wildman–Crippen MR) is 116 cm³/mol. The van der Waals surface area contributed by atoms with Gasteiger partial charge in [0.05, 0.1) is 26.0 Å². The Morgan fingerprint density at radius 3 is 2.60 bits per heavy atom. The smallest absolute Gasteiger partial charge is 0.228 e. The highest BCUT2D eigenvalue weighted by Crippen LogP contribution is 2.28. The van der Waals surface area contributed by atoms with E-state index in [1.54, 1.807) is 25.1 Å². The van der Waals surface area contributed by atoms with Crippen LogP contribution in [-0.2, 0) is 17.0 Å². The van der Waals surface area contributed by atoms with Gasteiger partial charge in [-0.25, -0.2) is 4.98 Å². The van der Waals surface area contributed by atoms with Gasteiger partial charge in [-0.2, -0.15) is 0 Å². The summed E-state index contributed by atoms with van der Waals surface area (Å²) in [5.74, 6) is 3.49. The van der Waals surface area contributed by atoms with E-state index in [4.69, 9.17) is 13.9 Å². The molecule has 3 aromatic rings. The van der Waals surface area contributed by atoms with Gasteiger partial charge in [0.25, 0.3) is 0 Å². The van der Waals surface area contributed by atoms with Crippen molar-refractivity contribution in [3.63, 3.8) is 0 Å². The molecule has 30 heavy (non-hydrogen) atoms. The summed E-state index contributed by atoms with van der Waals surface area (Å²) in [6.07, 6.45) is 1.71. The second-order valence-corrected chi connectivity index (χ2v) is 8.49. The number of aromatic nitrogens is 4. The Kier molecular flexibility index (Phi) is 6.59. The summed E-state index contributed by atoms with van der Waals surface area (Å²) in [6.45, 7) is 8.42. The minimum atomic E-state index is 0.494. The van der Waals surface area contributed by atoms with Gasteiger partial charge in [-0.1, -0.05) is 25.6 Å². The molecule has 0 saturated carbocycles. The molecule has 8 nitrogen and oxygen atoms in total. The van der Waals surface area contributed by atoms with E-state index in [1.165, 1.54) is 0 Å². The van der Waals surface area contributed by atoms with Gasteiger partial charge in [0.1, 0.15) is 12.0 Å². The van der Waals surface area contributed by atoms with E-state index < -0.39 is 0 Å². The zero-order chi connectivity index (χ0) is 20.9. The monoisotopic (exact) mass is 429 g/mol.